The van der Waals surface area contributed by atoms with Crippen molar-refractivity contribution in [2.75, 3.05) is 17.2 Å². The number of benzene rings is 1. The van der Waals surface area contributed by atoms with Gasteiger partial charge >= 0.3 is 0 Å². The maximum atomic E-state index is 14.4. The molecule has 2 aliphatic heterocycles. The van der Waals surface area contributed by atoms with Gasteiger partial charge in [-0.05, 0) is 43.7 Å². The molecule has 0 saturated heterocycles. The molecule has 2 aliphatic rings. The number of nitrogens with zero attached hydrogens (tertiary/aromatic N) is 2. The normalized spacial score (nSPS) is 19.5. The molecule has 1 amide bonds. The SMILES string of the molecule is C[C@H]1/C=C\C[C@@H]2CNC(=O)c3c2[nH]c(c3Nc2cccc(F)c2C(F)F)-c2ccnc3ccc(nc23)N1. The predicted molar refractivity (Wildman–Crippen MR) is 136 cm³/mol. The minimum Gasteiger partial charge on any atom is -0.364 e. The molecule has 37 heavy (non-hydrogen) atoms. The average molecular weight is 505 g/mol. The number of nitrogens with one attached hydrogen (secondary N) is 4. The molecule has 4 bridgehead atoms. The molecule has 0 aliphatic carbocycles. The Bertz CT molecular complexity index is 1560. The fourth-order valence-corrected chi connectivity index (χ4v) is 5.03. The minimum atomic E-state index is -3.05. The van der Waals surface area contributed by atoms with Crippen molar-refractivity contribution in [1.82, 2.24) is 20.3 Å². The first-order valence-corrected chi connectivity index (χ1v) is 12.0. The lowest BCUT2D eigenvalue weighted by atomic mass is 9.93. The highest BCUT2D eigenvalue weighted by molar-refractivity contribution is 6.08. The lowest BCUT2D eigenvalue weighted by Crippen LogP contribution is -2.35. The highest BCUT2D eigenvalue weighted by Gasteiger charge is 2.33. The summed E-state index contributed by atoms with van der Waals surface area (Å²) in [6.45, 7) is 2.44. The summed E-state index contributed by atoms with van der Waals surface area (Å²) in [5.41, 5.74) is 2.72. The van der Waals surface area contributed by atoms with E-state index >= 15 is 0 Å². The first-order chi connectivity index (χ1) is 17.9. The van der Waals surface area contributed by atoms with E-state index in [9.17, 15) is 18.0 Å². The van der Waals surface area contributed by atoms with Gasteiger partial charge in [0.1, 0.15) is 17.2 Å². The molecule has 0 radical (unpaired) electrons. The second kappa shape index (κ2) is 8.95. The van der Waals surface area contributed by atoms with Gasteiger partial charge in [0.25, 0.3) is 12.3 Å². The van der Waals surface area contributed by atoms with Crippen LogP contribution in [0, 0.1) is 5.82 Å². The molecule has 4 aromatic rings. The van der Waals surface area contributed by atoms with Crippen molar-refractivity contribution in [2.24, 2.45) is 0 Å². The van der Waals surface area contributed by atoms with Gasteiger partial charge in [-0.3, -0.25) is 9.78 Å². The van der Waals surface area contributed by atoms with Crippen LogP contribution in [0.4, 0.5) is 30.4 Å². The maximum absolute atomic E-state index is 14.4. The Morgan fingerprint density at radius 1 is 1.16 bits per heavy atom. The first-order valence-electron chi connectivity index (χ1n) is 12.0. The number of allylic oxidation sites excluding steroid dienone is 1. The molecule has 5 heterocycles. The quantitative estimate of drug-likeness (QED) is 0.256. The van der Waals surface area contributed by atoms with E-state index in [2.05, 4.69) is 25.9 Å². The van der Waals surface area contributed by atoms with E-state index in [4.69, 9.17) is 4.98 Å². The zero-order valence-electron chi connectivity index (χ0n) is 19.8. The van der Waals surface area contributed by atoms with E-state index in [0.29, 0.717) is 52.3 Å². The third-order valence-electron chi connectivity index (χ3n) is 6.78. The van der Waals surface area contributed by atoms with Crippen LogP contribution in [0.2, 0.25) is 0 Å². The van der Waals surface area contributed by atoms with Crippen LogP contribution in [0.5, 0.6) is 0 Å². The number of rotatable bonds is 3. The van der Waals surface area contributed by atoms with Crippen molar-refractivity contribution in [3.63, 3.8) is 0 Å². The molecule has 3 aromatic heterocycles. The highest BCUT2D eigenvalue weighted by Crippen LogP contribution is 2.43. The van der Waals surface area contributed by atoms with Gasteiger partial charge in [-0.1, -0.05) is 18.2 Å². The number of anilines is 3. The third-order valence-corrected chi connectivity index (χ3v) is 6.78. The van der Waals surface area contributed by atoms with E-state index in [1.165, 1.54) is 12.1 Å². The van der Waals surface area contributed by atoms with E-state index in [-0.39, 0.29) is 29.2 Å². The molecule has 0 fully saturated rings. The molecule has 0 unspecified atom stereocenters. The number of aromatic nitrogens is 3. The summed E-state index contributed by atoms with van der Waals surface area (Å²) in [5, 5.41) is 9.26. The molecule has 4 N–H and O–H groups in total. The largest absolute Gasteiger partial charge is 0.364 e. The third kappa shape index (κ3) is 3.98. The summed E-state index contributed by atoms with van der Waals surface area (Å²) >= 11 is 0. The summed E-state index contributed by atoms with van der Waals surface area (Å²) in [7, 11) is 0. The molecule has 188 valence electrons. The van der Waals surface area contributed by atoms with E-state index in [0.717, 1.165) is 6.07 Å². The molecule has 2 atom stereocenters. The smallest absolute Gasteiger partial charge is 0.268 e. The lowest BCUT2D eigenvalue weighted by Gasteiger charge is -2.23. The van der Waals surface area contributed by atoms with E-state index in [1.54, 1.807) is 12.3 Å². The number of halogens is 3. The van der Waals surface area contributed by atoms with Gasteiger partial charge in [-0.2, -0.15) is 0 Å². The van der Waals surface area contributed by atoms with Crippen LogP contribution in [0.3, 0.4) is 0 Å². The highest BCUT2D eigenvalue weighted by atomic mass is 19.3. The molecule has 6 rings (SSSR count). The van der Waals surface area contributed by atoms with Gasteiger partial charge in [-0.15, -0.1) is 0 Å². The van der Waals surface area contributed by atoms with Crippen LogP contribution in [0.25, 0.3) is 22.3 Å². The number of carbonyl (C=O) groups excluding carboxylic acids is 1. The van der Waals surface area contributed by atoms with Crippen LogP contribution in [-0.4, -0.2) is 33.4 Å². The van der Waals surface area contributed by atoms with Gasteiger partial charge in [0.05, 0.1) is 33.7 Å². The monoisotopic (exact) mass is 504 g/mol. The fourth-order valence-electron chi connectivity index (χ4n) is 5.03. The van der Waals surface area contributed by atoms with Crippen LogP contribution < -0.4 is 16.0 Å². The second-order valence-corrected chi connectivity index (χ2v) is 9.22. The van der Waals surface area contributed by atoms with Gasteiger partial charge < -0.3 is 20.9 Å². The fraction of sp³-hybridized carbons (Fsp3) is 0.222. The van der Waals surface area contributed by atoms with Gasteiger partial charge in [0.15, 0.2) is 0 Å². The van der Waals surface area contributed by atoms with Crippen LogP contribution in [0.1, 0.15) is 47.3 Å². The predicted octanol–water partition coefficient (Wildman–Crippen LogP) is 6.03. The Kier molecular flexibility index (Phi) is 5.58. The molecule has 1 aromatic carbocycles. The van der Waals surface area contributed by atoms with Crippen LogP contribution in [0.15, 0.2) is 54.7 Å². The summed E-state index contributed by atoms with van der Waals surface area (Å²) in [4.78, 5) is 25.8. The zero-order valence-corrected chi connectivity index (χ0v) is 19.8. The summed E-state index contributed by atoms with van der Waals surface area (Å²) in [6.07, 6.45) is 3.30. The zero-order chi connectivity index (χ0) is 25.7. The summed E-state index contributed by atoms with van der Waals surface area (Å²) in [5.74, 6) is -0.807. The molecule has 0 spiro atoms. The Labute approximate surface area is 210 Å². The minimum absolute atomic E-state index is 0.0137. The van der Waals surface area contributed by atoms with Crippen LogP contribution in [-0.2, 0) is 0 Å². The topological polar surface area (TPSA) is 94.7 Å². The molecule has 10 heteroatoms. The number of hydrogen-bond donors (Lipinski definition) is 4. The number of H-pyrrole nitrogens is 1. The molecular weight excluding hydrogens is 481 g/mol. The number of amides is 1. The molecule has 0 saturated carbocycles. The summed E-state index contributed by atoms with van der Waals surface area (Å²) in [6, 6.07) is 9.18. The van der Waals surface area contributed by atoms with Crippen LogP contribution >= 0.6 is 0 Å². The maximum Gasteiger partial charge on any atom is 0.268 e. The van der Waals surface area contributed by atoms with Gasteiger partial charge in [0, 0.05) is 36.0 Å². The average Bonchev–Trinajstić information content (AvgIpc) is 3.24. The van der Waals surface area contributed by atoms with Gasteiger partial charge in [-0.25, -0.2) is 18.2 Å². The second-order valence-electron chi connectivity index (χ2n) is 9.22. The number of hydrogen-bond acceptors (Lipinski definition) is 5. The number of aromatic amines is 1. The number of alkyl halides is 2. The number of fused-ring (bicyclic) bond motifs is 3. The van der Waals surface area contributed by atoms with Crippen molar-refractivity contribution in [3.8, 4) is 11.3 Å². The van der Waals surface area contributed by atoms with E-state index < -0.39 is 17.8 Å². The molecule has 7 nitrogen and oxygen atoms in total. The number of pyridine rings is 2. The Hall–Kier alpha value is -4.34. The van der Waals surface area contributed by atoms with Gasteiger partial charge in [0.2, 0.25) is 0 Å². The Balaban J connectivity index is 1.64. The first kappa shape index (κ1) is 23.1. The standard InChI is InChI=1S/C27H23F3N6O/c1-13-4-2-5-14-12-32-27(37)21-22(14)36-24(15-10-11-31-18-8-9-19(33-13)35-23(15)18)25(21)34-17-7-3-6-16(28)20(17)26(29)30/h2-4,6-11,13-14,26,34,36H,5,12H2,1H3,(H,32,37)(H,33,35)/b4-2-/t13-,14+/m0/s1. The Morgan fingerprint density at radius 3 is 2.86 bits per heavy atom. The Morgan fingerprint density at radius 2 is 2.03 bits per heavy atom. The lowest BCUT2D eigenvalue weighted by molar-refractivity contribution is 0.0941. The van der Waals surface area contributed by atoms with Crippen molar-refractivity contribution in [3.05, 3.63) is 77.4 Å². The molecular formula is C27H23F3N6O. The van der Waals surface area contributed by atoms with Crippen molar-refractivity contribution in [1.29, 1.82) is 0 Å². The van der Waals surface area contributed by atoms with Crippen molar-refractivity contribution < 1.29 is 18.0 Å². The number of carbonyl (C=O) groups is 1. The van der Waals surface area contributed by atoms with Crippen molar-refractivity contribution >= 4 is 34.1 Å². The van der Waals surface area contributed by atoms with E-state index in [1.807, 2.05) is 31.2 Å². The van der Waals surface area contributed by atoms with Crippen molar-refractivity contribution in [2.45, 2.75) is 31.7 Å². The summed E-state index contributed by atoms with van der Waals surface area (Å²) < 4.78 is 42.1.